The van der Waals surface area contributed by atoms with Crippen molar-refractivity contribution < 1.29 is 14.3 Å². The van der Waals surface area contributed by atoms with Crippen LogP contribution in [0, 0.1) is 5.92 Å². The van der Waals surface area contributed by atoms with Crippen molar-refractivity contribution in [2.45, 2.75) is 26.3 Å². The predicted molar refractivity (Wildman–Crippen MR) is 124 cm³/mol. The van der Waals surface area contributed by atoms with Gasteiger partial charge in [0, 0.05) is 18.5 Å². The second kappa shape index (κ2) is 9.34. The van der Waals surface area contributed by atoms with Gasteiger partial charge in [-0.1, -0.05) is 30.7 Å². The number of pyridine rings is 1. The average molecular weight is 458 g/mol. The number of rotatable bonds is 5. The summed E-state index contributed by atoms with van der Waals surface area (Å²) in [5.74, 6) is -0.206. The molecular weight excluding hydrogens is 434 g/mol. The van der Waals surface area contributed by atoms with Crippen molar-refractivity contribution in [2.24, 2.45) is 5.92 Å². The Bertz CT molecular complexity index is 1130. The van der Waals surface area contributed by atoms with Gasteiger partial charge >= 0.3 is 5.97 Å². The van der Waals surface area contributed by atoms with Crippen LogP contribution in [0.5, 0.6) is 0 Å². The Hall–Kier alpha value is -2.48. The number of carbonyl (C=O) groups excluding carboxylic acids is 2. The molecule has 3 aromatic rings. The smallest absolute Gasteiger partial charge is 0.350 e. The van der Waals surface area contributed by atoms with E-state index in [1.54, 1.807) is 24.3 Å². The van der Waals surface area contributed by atoms with Crippen LogP contribution in [0.3, 0.4) is 0 Å². The van der Waals surface area contributed by atoms with Crippen molar-refractivity contribution in [1.29, 1.82) is 0 Å². The van der Waals surface area contributed by atoms with Gasteiger partial charge in [-0.2, -0.15) is 0 Å². The molecular formula is C23H24ClN3O3S. The van der Waals surface area contributed by atoms with Gasteiger partial charge in [-0.05, 0) is 49.6 Å². The number of piperidine rings is 1. The van der Waals surface area contributed by atoms with Gasteiger partial charge in [-0.3, -0.25) is 9.69 Å². The lowest BCUT2D eigenvalue weighted by Gasteiger charge is -2.30. The summed E-state index contributed by atoms with van der Waals surface area (Å²) in [6.45, 7) is 5.18. The molecule has 1 amide bonds. The molecule has 0 saturated carbocycles. The van der Waals surface area contributed by atoms with E-state index in [1.165, 1.54) is 31.3 Å². The Morgan fingerprint density at radius 2 is 2.10 bits per heavy atom. The van der Waals surface area contributed by atoms with Crippen LogP contribution >= 0.6 is 22.9 Å². The molecule has 31 heavy (non-hydrogen) atoms. The van der Waals surface area contributed by atoms with Crippen LogP contribution in [-0.2, 0) is 11.3 Å². The van der Waals surface area contributed by atoms with Crippen molar-refractivity contribution in [1.82, 2.24) is 9.88 Å². The number of carbonyl (C=O) groups is 2. The van der Waals surface area contributed by atoms with E-state index in [2.05, 4.69) is 17.1 Å². The standard InChI is InChI=1S/C23H24ClN3O3S/c1-14-6-5-11-27(12-14)13-15-9-10-17-19(20(23(29)30-2)31-22(17)25-15)26-21(28)16-7-3-4-8-18(16)24/h3-4,7-10,14H,5-6,11-13H2,1-2H3,(H,26,28)/t14-/m1/s1. The van der Waals surface area contributed by atoms with Gasteiger partial charge in [0.1, 0.15) is 9.71 Å². The molecule has 2 aromatic heterocycles. The van der Waals surface area contributed by atoms with Crippen LogP contribution in [0.15, 0.2) is 36.4 Å². The molecule has 1 atom stereocenters. The lowest BCUT2D eigenvalue weighted by atomic mass is 10.0. The number of likely N-dealkylation sites (tertiary alicyclic amines) is 1. The molecule has 0 spiro atoms. The maximum atomic E-state index is 12.8. The molecule has 0 unspecified atom stereocenters. The minimum atomic E-state index is -0.510. The van der Waals surface area contributed by atoms with Gasteiger partial charge in [-0.25, -0.2) is 9.78 Å². The molecule has 1 aliphatic heterocycles. The number of aromatic nitrogens is 1. The van der Waals surface area contributed by atoms with Crippen LogP contribution in [0.4, 0.5) is 5.69 Å². The molecule has 3 heterocycles. The van der Waals surface area contributed by atoms with E-state index >= 15 is 0 Å². The van der Waals surface area contributed by atoms with Crippen molar-refractivity contribution in [3.05, 3.63) is 57.6 Å². The summed E-state index contributed by atoms with van der Waals surface area (Å²) in [6, 6.07) is 10.7. The third-order valence-electron chi connectivity index (χ3n) is 5.47. The van der Waals surface area contributed by atoms with Gasteiger partial charge < -0.3 is 10.1 Å². The van der Waals surface area contributed by atoms with Crippen LogP contribution in [0.2, 0.25) is 5.02 Å². The third kappa shape index (κ3) is 4.74. The number of thiophene rings is 1. The molecule has 4 rings (SSSR count). The minimum Gasteiger partial charge on any atom is -0.465 e. The van der Waals surface area contributed by atoms with E-state index in [-0.39, 0.29) is 5.91 Å². The van der Waals surface area contributed by atoms with Crippen molar-refractivity contribution in [3.63, 3.8) is 0 Å². The number of amides is 1. The Morgan fingerprint density at radius 1 is 1.29 bits per heavy atom. The Morgan fingerprint density at radius 3 is 2.84 bits per heavy atom. The SMILES string of the molecule is COC(=O)c1sc2nc(CN3CCC[C@@H](C)C3)ccc2c1NC(=O)c1ccccc1Cl. The number of methoxy groups -OCH3 is 1. The number of benzene rings is 1. The third-order valence-corrected chi connectivity index (χ3v) is 6.88. The maximum Gasteiger partial charge on any atom is 0.350 e. The van der Waals surface area contributed by atoms with Crippen molar-refractivity contribution >= 4 is 50.7 Å². The summed E-state index contributed by atoms with van der Waals surface area (Å²) < 4.78 is 4.94. The van der Waals surface area contributed by atoms with Gasteiger partial charge in [-0.15, -0.1) is 11.3 Å². The lowest BCUT2D eigenvalue weighted by Crippen LogP contribution is -2.33. The second-order valence-electron chi connectivity index (χ2n) is 7.87. The zero-order valence-electron chi connectivity index (χ0n) is 17.5. The first kappa shape index (κ1) is 21.7. The second-order valence-corrected chi connectivity index (χ2v) is 9.28. The Labute approximate surface area is 190 Å². The molecule has 1 N–H and O–H groups in total. The molecule has 1 aliphatic rings. The molecule has 1 fully saturated rings. The fourth-order valence-corrected chi connectivity index (χ4v) is 5.24. The summed E-state index contributed by atoms with van der Waals surface area (Å²) in [5, 5.41) is 3.90. The van der Waals surface area contributed by atoms with Gasteiger partial charge in [0.15, 0.2) is 0 Å². The molecule has 6 nitrogen and oxygen atoms in total. The fourth-order valence-electron chi connectivity index (χ4n) is 3.95. The summed E-state index contributed by atoms with van der Waals surface area (Å²) in [5.41, 5.74) is 1.69. The largest absolute Gasteiger partial charge is 0.465 e. The number of fused-ring (bicyclic) bond motifs is 1. The van der Waals surface area contributed by atoms with E-state index in [0.29, 0.717) is 37.3 Å². The van der Waals surface area contributed by atoms with E-state index in [4.69, 9.17) is 21.3 Å². The molecule has 0 radical (unpaired) electrons. The first-order valence-electron chi connectivity index (χ1n) is 10.2. The highest BCUT2D eigenvalue weighted by atomic mass is 35.5. The lowest BCUT2D eigenvalue weighted by molar-refractivity contribution is 0.0607. The topological polar surface area (TPSA) is 71.5 Å². The number of esters is 1. The summed E-state index contributed by atoms with van der Waals surface area (Å²) in [4.78, 5) is 33.4. The van der Waals surface area contributed by atoms with Crippen molar-refractivity contribution in [2.75, 3.05) is 25.5 Å². The summed E-state index contributed by atoms with van der Waals surface area (Å²) >= 11 is 7.39. The number of halogens is 1. The number of nitrogens with zero attached hydrogens (tertiary/aromatic N) is 2. The van der Waals surface area contributed by atoms with Crippen LogP contribution in [0.25, 0.3) is 10.2 Å². The van der Waals surface area contributed by atoms with E-state index < -0.39 is 5.97 Å². The maximum absolute atomic E-state index is 12.8. The van der Waals surface area contributed by atoms with E-state index in [0.717, 1.165) is 25.3 Å². The van der Waals surface area contributed by atoms with Crippen LogP contribution in [-0.4, -0.2) is 42.0 Å². The highest BCUT2D eigenvalue weighted by molar-refractivity contribution is 7.21. The molecule has 0 bridgehead atoms. The monoisotopic (exact) mass is 457 g/mol. The van der Waals surface area contributed by atoms with Gasteiger partial charge in [0.05, 0.1) is 29.1 Å². The number of hydrogen-bond acceptors (Lipinski definition) is 6. The highest BCUT2D eigenvalue weighted by Gasteiger charge is 2.24. The number of hydrogen-bond donors (Lipinski definition) is 1. The zero-order valence-corrected chi connectivity index (χ0v) is 19.1. The van der Waals surface area contributed by atoms with Gasteiger partial charge in [0.2, 0.25) is 0 Å². The molecule has 8 heteroatoms. The first-order chi connectivity index (χ1) is 15.0. The first-order valence-corrected chi connectivity index (χ1v) is 11.4. The molecule has 162 valence electrons. The molecule has 1 saturated heterocycles. The van der Waals surface area contributed by atoms with E-state index in [1.807, 2.05) is 12.1 Å². The molecule has 1 aromatic carbocycles. The minimum absolute atomic E-state index is 0.314. The quantitative estimate of drug-likeness (QED) is 0.532. The fraction of sp³-hybridized carbons (Fsp3) is 0.348. The highest BCUT2D eigenvalue weighted by Crippen LogP contribution is 2.36. The Kier molecular flexibility index (Phi) is 6.55. The Balaban J connectivity index is 1.66. The van der Waals surface area contributed by atoms with Crippen LogP contribution < -0.4 is 5.32 Å². The van der Waals surface area contributed by atoms with E-state index in [9.17, 15) is 9.59 Å². The predicted octanol–water partition coefficient (Wildman–Crippen LogP) is 5.22. The summed E-state index contributed by atoms with van der Waals surface area (Å²) in [7, 11) is 1.32. The van der Waals surface area contributed by atoms with Crippen molar-refractivity contribution in [3.8, 4) is 0 Å². The van der Waals surface area contributed by atoms with Crippen LogP contribution in [0.1, 0.15) is 45.5 Å². The molecule has 0 aliphatic carbocycles. The summed E-state index contributed by atoms with van der Waals surface area (Å²) in [6.07, 6.45) is 2.47. The normalized spacial score (nSPS) is 16.9. The number of ether oxygens (including phenoxy) is 1. The van der Waals surface area contributed by atoms with Gasteiger partial charge in [0.25, 0.3) is 5.91 Å². The number of anilines is 1. The number of nitrogens with one attached hydrogen (secondary N) is 1. The average Bonchev–Trinajstić information content (AvgIpc) is 3.11. The zero-order chi connectivity index (χ0) is 22.0.